The normalized spacial score (nSPS) is 23.7. The van der Waals surface area contributed by atoms with Gasteiger partial charge in [-0.2, -0.15) is 0 Å². The lowest BCUT2D eigenvalue weighted by Crippen LogP contribution is -2.63. The van der Waals surface area contributed by atoms with E-state index in [0.29, 0.717) is 18.3 Å². The van der Waals surface area contributed by atoms with Gasteiger partial charge in [0.15, 0.2) is 6.61 Å². The van der Waals surface area contributed by atoms with Gasteiger partial charge < -0.3 is 25.0 Å². The molecule has 2 aliphatic heterocycles. The van der Waals surface area contributed by atoms with Gasteiger partial charge in [0.25, 0.3) is 5.91 Å². The van der Waals surface area contributed by atoms with Crippen LogP contribution in [0, 0.1) is 0 Å². The number of likely N-dealkylation sites (tertiary alicyclic amines) is 1. The van der Waals surface area contributed by atoms with Gasteiger partial charge in [-0.1, -0.05) is 25.0 Å². The molecular weight excluding hydrogens is 416 g/mol. The summed E-state index contributed by atoms with van der Waals surface area (Å²) in [6.45, 7) is 1.32. The highest BCUT2D eigenvalue weighted by Crippen LogP contribution is 2.37. The van der Waals surface area contributed by atoms with E-state index < -0.39 is 5.54 Å². The molecule has 0 radical (unpaired) electrons. The van der Waals surface area contributed by atoms with Crippen molar-refractivity contribution in [2.45, 2.75) is 50.1 Å². The fraction of sp³-hybridized carbons (Fsp3) is 0.462. The van der Waals surface area contributed by atoms with Crippen molar-refractivity contribution < 1.29 is 14.3 Å². The van der Waals surface area contributed by atoms with Crippen LogP contribution in [0.3, 0.4) is 0 Å². The Morgan fingerprint density at radius 3 is 2.55 bits per heavy atom. The van der Waals surface area contributed by atoms with Crippen molar-refractivity contribution in [1.29, 1.82) is 0 Å². The number of piperidine rings is 1. The zero-order valence-electron chi connectivity index (χ0n) is 19.2. The molecule has 1 aliphatic carbocycles. The van der Waals surface area contributed by atoms with Crippen LogP contribution in [0.4, 0.5) is 11.4 Å². The van der Waals surface area contributed by atoms with Crippen LogP contribution in [-0.4, -0.2) is 55.0 Å². The number of carbonyl (C=O) groups is 1. The molecule has 1 amide bonds. The number of hydrogen-bond acceptors (Lipinski definition) is 5. The molecule has 174 valence electrons. The van der Waals surface area contributed by atoms with Crippen molar-refractivity contribution in [3.8, 4) is 11.5 Å². The molecule has 33 heavy (non-hydrogen) atoms. The Morgan fingerprint density at radius 1 is 1.06 bits per heavy atom. The summed E-state index contributed by atoms with van der Waals surface area (Å²) < 4.78 is 11.0. The number of nitrogens with zero attached hydrogens (tertiary/aromatic N) is 2. The summed E-state index contributed by atoms with van der Waals surface area (Å²) in [5.41, 5.74) is 1.71. The minimum Gasteiger partial charge on any atom is -0.497 e. The third-order valence-corrected chi connectivity index (χ3v) is 6.91. The highest BCUT2D eigenvalue weighted by Gasteiger charge is 2.45. The minimum atomic E-state index is -0.398. The quantitative estimate of drug-likeness (QED) is 0.713. The summed E-state index contributed by atoms with van der Waals surface area (Å²) in [6.07, 6.45) is 6.61. The summed E-state index contributed by atoms with van der Waals surface area (Å²) in [7, 11) is 1.63. The maximum absolute atomic E-state index is 13.1. The smallest absolute Gasteiger partial charge is 0.260 e. The van der Waals surface area contributed by atoms with Crippen molar-refractivity contribution in [2.24, 2.45) is 4.99 Å². The van der Waals surface area contributed by atoms with Crippen LogP contribution in [0.15, 0.2) is 53.5 Å². The van der Waals surface area contributed by atoms with E-state index in [-0.39, 0.29) is 12.5 Å². The second kappa shape index (κ2) is 9.33. The summed E-state index contributed by atoms with van der Waals surface area (Å²) in [4.78, 5) is 20.2. The van der Waals surface area contributed by atoms with Crippen LogP contribution in [0.5, 0.6) is 11.5 Å². The third-order valence-electron chi connectivity index (χ3n) is 6.91. The standard InChI is InChI=1S/C26H32N4O3/c1-32-20-11-13-21(14-12-20)33-17-24(31)30-16-6-15-26(18-30)25(27-19-7-2-3-8-19)28-22-9-4-5-10-23(22)29-26/h4-5,9-14,19,29H,2-3,6-8,15-18H2,1H3,(H,27,28)/t26-/m0/s1. The molecule has 2 heterocycles. The Bertz CT molecular complexity index is 1020. The number of anilines is 2. The first-order valence-corrected chi connectivity index (χ1v) is 11.9. The van der Waals surface area contributed by atoms with E-state index in [4.69, 9.17) is 14.5 Å². The fourth-order valence-corrected chi connectivity index (χ4v) is 5.11. The number of amides is 1. The number of para-hydroxylation sites is 2. The number of ether oxygens (including phenoxy) is 2. The van der Waals surface area contributed by atoms with Gasteiger partial charge >= 0.3 is 0 Å². The lowest BCUT2D eigenvalue weighted by Gasteiger charge is -2.47. The summed E-state index contributed by atoms with van der Waals surface area (Å²) in [5, 5.41) is 7.38. The van der Waals surface area contributed by atoms with Crippen LogP contribution in [0.25, 0.3) is 0 Å². The van der Waals surface area contributed by atoms with Crippen LogP contribution >= 0.6 is 0 Å². The Hall–Kier alpha value is -3.22. The maximum Gasteiger partial charge on any atom is 0.260 e. The molecule has 2 aromatic rings. The number of benzene rings is 2. The Kier molecular flexibility index (Phi) is 6.11. The van der Waals surface area contributed by atoms with Gasteiger partial charge in [0.2, 0.25) is 0 Å². The average molecular weight is 449 g/mol. The summed E-state index contributed by atoms with van der Waals surface area (Å²) in [6, 6.07) is 15.9. The first kappa shape index (κ1) is 21.6. The van der Waals surface area contributed by atoms with E-state index in [9.17, 15) is 4.79 Å². The summed E-state index contributed by atoms with van der Waals surface area (Å²) >= 11 is 0. The van der Waals surface area contributed by atoms with E-state index in [1.807, 2.05) is 41.3 Å². The van der Waals surface area contributed by atoms with Crippen molar-refractivity contribution >= 4 is 23.1 Å². The second-order valence-corrected chi connectivity index (χ2v) is 9.18. The van der Waals surface area contributed by atoms with Crippen LogP contribution in [0.2, 0.25) is 0 Å². The predicted molar refractivity (Wildman–Crippen MR) is 130 cm³/mol. The third kappa shape index (κ3) is 4.63. The zero-order valence-corrected chi connectivity index (χ0v) is 19.2. The van der Waals surface area contributed by atoms with E-state index in [2.05, 4.69) is 22.8 Å². The molecule has 1 atom stereocenters. The van der Waals surface area contributed by atoms with Crippen LogP contribution < -0.4 is 20.1 Å². The van der Waals surface area contributed by atoms with Gasteiger partial charge in [-0.25, -0.2) is 0 Å². The van der Waals surface area contributed by atoms with E-state index >= 15 is 0 Å². The number of methoxy groups -OCH3 is 1. The maximum atomic E-state index is 13.1. The van der Waals surface area contributed by atoms with Crippen LogP contribution in [-0.2, 0) is 4.79 Å². The molecular formula is C26H32N4O3. The highest BCUT2D eigenvalue weighted by molar-refractivity contribution is 6.10. The fourth-order valence-electron chi connectivity index (χ4n) is 5.11. The lowest BCUT2D eigenvalue weighted by molar-refractivity contribution is -0.134. The highest BCUT2D eigenvalue weighted by atomic mass is 16.5. The van der Waals surface area contributed by atoms with Crippen molar-refractivity contribution in [3.05, 3.63) is 48.5 Å². The van der Waals surface area contributed by atoms with E-state index in [1.165, 1.54) is 12.8 Å². The lowest BCUT2D eigenvalue weighted by atomic mass is 9.85. The first-order chi connectivity index (χ1) is 16.1. The van der Waals surface area contributed by atoms with E-state index in [0.717, 1.165) is 55.2 Å². The van der Waals surface area contributed by atoms with E-state index in [1.54, 1.807) is 7.11 Å². The molecule has 2 aromatic carbocycles. The molecule has 0 unspecified atom stereocenters. The van der Waals surface area contributed by atoms with Crippen molar-refractivity contribution in [1.82, 2.24) is 4.90 Å². The van der Waals surface area contributed by atoms with Gasteiger partial charge in [0.1, 0.15) is 22.9 Å². The zero-order chi connectivity index (χ0) is 22.7. The van der Waals surface area contributed by atoms with Gasteiger partial charge in [0.05, 0.1) is 31.1 Å². The van der Waals surface area contributed by atoms with Gasteiger partial charge in [-0.3, -0.25) is 9.79 Å². The molecule has 0 bridgehead atoms. The number of hydrogen-bond donors (Lipinski definition) is 2. The molecule has 7 nitrogen and oxygen atoms in total. The van der Waals surface area contributed by atoms with Gasteiger partial charge in [-0.05, 0) is 62.1 Å². The molecule has 1 saturated carbocycles. The topological polar surface area (TPSA) is 75.2 Å². The number of fused-ring (bicyclic) bond motifs is 1. The average Bonchev–Trinajstić information content (AvgIpc) is 3.37. The van der Waals surface area contributed by atoms with Gasteiger partial charge in [-0.15, -0.1) is 0 Å². The van der Waals surface area contributed by atoms with Crippen molar-refractivity contribution in [3.63, 3.8) is 0 Å². The number of carbonyl (C=O) groups excluding carboxylic acids is 1. The number of rotatable bonds is 5. The van der Waals surface area contributed by atoms with Crippen LogP contribution in [0.1, 0.15) is 38.5 Å². The SMILES string of the molecule is COc1ccc(OCC(=O)N2CCC[C@@]3(C2)Nc2ccccc2NC3=NC2CCCC2)cc1. The summed E-state index contributed by atoms with van der Waals surface area (Å²) in [5.74, 6) is 2.38. The minimum absolute atomic E-state index is 0.00855. The van der Waals surface area contributed by atoms with Crippen molar-refractivity contribution in [2.75, 3.05) is 37.4 Å². The molecule has 1 saturated heterocycles. The molecule has 2 fully saturated rings. The molecule has 5 rings (SSSR count). The molecule has 3 aliphatic rings. The molecule has 1 spiro atoms. The number of amidine groups is 1. The second-order valence-electron chi connectivity index (χ2n) is 9.18. The predicted octanol–water partition coefficient (Wildman–Crippen LogP) is 4.31. The molecule has 7 heteroatoms. The number of nitrogens with one attached hydrogen (secondary N) is 2. The molecule has 2 N–H and O–H groups in total. The first-order valence-electron chi connectivity index (χ1n) is 11.9. The largest absolute Gasteiger partial charge is 0.497 e. The Labute approximate surface area is 195 Å². The molecule has 0 aromatic heterocycles. The Balaban J connectivity index is 1.33. The Morgan fingerprint density at radius 2 is 1.79 bits per heavy atom. The number of aliphatic imine (C=N–C) groups is 1. The van der Waals surface area contributed by atoms with Gasteiger partial charge in [0, 0.05) is 6.54 Å². The monoisotopic (exact) mass is 448 g/mol.